The van der Waals surface area contributed by atoms with Gasteiger partial charge in [0, 0.05) is 30.3 Å². The maximum absolute atomic E-state index is 12.0. The SMILES string of the molecule is Nc1ccc(S(=O)CCN2CCNC2=O)cc1Cl. The molecule has 98 valence electrons. The minimum Gasteiger partial charge on any atom is -0.398 e. The van der Waals surface area contributed by atoms with Gasteiger partial charge in [-0.05, 0) is 18.2 Å². The molecule has 2 amide bonds. The summed E-state index contributed by atoms with van der Waals surface area (Å²) < 4.78 is 12.0. The van der Waals surface area contributed by atoms with E-state index in [0.29, 0.717) is 41.0 Å². The van der Waals surface area contributed by atoms with Crippen molar-refractivity contribution in [3.05, 3.63) is 23.2 Å². The maximum Gasteiger partial charge on any atom is 0.317 e. The molecule has 2 rings (SSSR count). The summed E-state index contributed by atoms with van der Waals surface area (Å²) in [6.45, 7) is 1.79. The van der Waals surface area contributed by atoms with Crippen molar-refractivity contribution in [3.63, 3.8) is 0 Å². The topological polar surface area (TPSA) is 75.4 Å². The second-order valence-electron chi connectivity index (χ2n) is 3.95. The third-order valence-corrected chi connectivity index (χ3v) is 4.39. The van der Waals surface area contributed by atoms with Crippen LogP contribution in [0.1, 0.15) is 0 Å². The Bertz CT molecular complexity index is 495. The minimum absolute atomic E-state index is 0.0951. The van der Waals surface area contributed by atoms with Gasteiger partial charge in [-0.1, -0.05) is 11.6 Å². The molecule has 3 N–H and O–H groups in total. The number of hydrogen-bond acceptors (Lipinski definition) is 3. The Morgan fingerprint density at radius 3 is 2.89 bits per heavy atom. The van der Waals surface area contributed by atoms with Crippen molar-refractivity contribution in [2.24, 2.45) is 0 Å². The number of urea groups is 1. The molecule has 1 heterocycles. The lowest BCUT2D eigenvalue weighted by Gasteiger charge is -2.13. The number of amides is 2. The van der Waals surface area contributed by atoms with Gasteiger partial charge in [0.25, 0.3) is 0 Å². The van der Waals surface area contributed by atoms with Gasteiger partial charge in [0.2, 0.25) is 0 Å². The number of nitrogens with zero attached hydrogens (tertiary/aromatic N) is 1. The van der Waals surface area contributed by atoms with Crippen LogP contribution in [0.4, 0.5) is 10.5 Å². The first-order valence-electron chi connectivity index (χ1n) is 5.54. The largest absolute Gasteiger partial charge is 0.398 e. The molecule has 0 aliphatic carbocycles. The van der Waals surface area contributed by atoms with Crippen molar-refractivity contribution in [2.75, 3.05) is 31.1 Å². The Morgan fingerprint density at radius 1 is 1.50 bits per heavy atom. The molecule has 1 aliphatic heterocycles. The van der Waals surface area contributed by atoms with E-state index in [1.165, 1.54) is 0 Å². The van der Waals surface area contributed by atoms with Crippen LogP contribution < -0.4 is 11.1 Å². The summed E-state index contributed by atoms with van der Waals surface area (Å²) in [5.74, 6) is 0.396. The fourth-order valence-electron chi connectivity index (χ4n) is 1.68. The number of nitrogens with two attached hydrogens (primary N) is 1. The summed E-state index contributed by atoms with van der Waals surface area (Å²) in [5.41, 5.74) is 6.06. The molecule has 0 saturated carbocycles. The van der Waals surface area contributed by atoms with Gasteiger partial charge in [0.15, 0.2) is 0 Å². The number of halogens is 1. The maximum atomic E-state index is 12.0. The van der Waals surface area contributed by atoms with Crippen LogP contribution in [-0.2, 0) is 10.8 Å². The number of carbonyl (C=O) groups is 1. The molecule has 1 unspecified atom stereocenters. The molecule has 1 aromatic rings. The van der Waals surface area contributed by atoms with E-state index in [-0.39, 0.29) is 6.03 Å². The van der Waals surface area contributed by atoms with E-state index in [9.17, 15) is 9.00 Å². The molecular formula is C11H14ClN3O2S. The molecule has 18 heavy (non-hydrogen) atoms. The zero-order valence-corrected chi connectivity index (χ0v) is 11.3. The first kappa shape index (κ1) is 13.2. The van der Waals surface area contributed by atoms with E-state index in [1.54, 1.807) is 23.1 Å². The Hall–Kier alpha value is -1.27. The highest BCUT2D eigenvalue weighted by Crippen LogP contribution is 2.21. The molecular weight excluding hydrogens is 274 g/mol. The van der Waals surface area contributed by atoms with Crippen molar-refractivity contribution in [1.82, 2.24) is 10.2 Å². The number of benzene rings is 1. The van der Waals surface area contributed by atoms with Crippen LogP contribution in [0.2, 0.25) is 5.02 Å². The lowest BCUT2D eigenvalue weighted by Crippen LogP contribution is -2.31. The number of nitrogens with one attached hydrogen (secondary N) is 1. The van der Waals surface area contributed by atoms with Crippen LogP contribution >= 0.6 is 11.6 Å². The van der Waals surface area contributed by atoms with Gasteiger partial charge in [-0.25, -0.2) is 4.79 Å². The quantitative estimate of drug-likeness (QED) is 0.813. The predicted octanol–water partition coefficient (Wildman–Crippen LogP) is 1.05. The van der Waals surface area contributed by atoms with Gasteiger partial charge in [0.1, 0.15) is 0 Å². The van der Waals surface area contributed by atoms with Gasteiger partial charge in [0.05, 0.1) is 21.5 Å². The fourth-order valence-corrected chi connectivity index (χ4v) is 3.02. The Kier molecular flexibility index (Phi) is 4.08. The molecule has 5 nitrogen and oxygen atoms in total. The minimum atomic E-state index is -1.17. The number of anilines is 1. The van der Waals surface area contributed by atoms with E-state index in [0.717, 1.165) is 0 Å². The summed E-state index contributed by atoms with van der Waals surface area (Å²) in [7, 11) is -1.17. The average molecular weight is 288 g/mol. The second kappa shape index (κ2) is 5.58. The number of hydrogen-bond donors (Lipinski definition) is 2. The summed E-state index contributed by atoms with van der Waals surface area (Å²) in [5, 5.41) is 3.10. The molecule has 0 aromatic heterocycles. The van der Waals surface area contributed by atoms with Gasteiger partial charge >= 0.3 is 6.03 Å². The molecule has 7 heteroatoms. The third-order valence-electron chi connectivity index (χ3n) is 2.73. The van der Waals surface area contributed by atoms with E-state index < -0.39 is 10.8 Å². The Labute approximate surface area is 113 Å². The molecule has 1 fully saturated rings. The fraction of sp³-hybridized carbons (Fsp3) is 0.364. The molecule has 0 bridgehead atoms. The number of nitrogen functional groups attached to an aromatic ring is 1. The van der Waals surface area contributed by atoms with Gasteiger partial charge in [-0.2, -0.15) is 0 Å². The Morgan fingerprint density at radius 2 is 2.28 bits per heavy atom. The zero-order chi connectivity index (χ0) is 13.1. The van der Waals surface area contributed by atoms with Crippen LogP contribution in [0.5, 0.6) is 0 Å². The number of rotatable bonds is 4. The first-order chi connectivity index (χ1) is 8.58. The van der Waals surface area contributed by atoms with Gasteiger partial charge in [-0.15, -0.1) is 0 Å². The predicted molar refractivity (Wildman–Crippen MR) is 72.1 cm³/mol. The van der Waals surface area contributed by atoms with Crippen LogP contribution in [0.25, 0.3) is 0 Å². The van der Waals surface area contributed by atoms with Crippen LogP contribution in [0, 0.1) is 0 Å². The zero-order valence-electron chi connectivity index (χ0n) is 9.69. The highest BCUT2D eigenvalue weighted by Gasteiger charge is 2.19. The monoisotopic (exact) mass is 287 g/mol. The van der Waals surface area contributed by atoms with Crippen LogP contribution in [0.3, 0.4) is 0 Å². The van der Waals surface area contributed by atoms with E-state index in [2.05, 4.69) is 5.32 Å². The van der Waals surface area contributed by atoms with Crippen LogP contribution in [-0.4, -0.2) is 40.5 Å². The summed E-state index contributed by atoms with van der Waals surface area (Å²) >= 11 is 5.87. The number of carbonyl (C=O) groups excluding carboxylic acids is 1. The van der Waals surface area contributed by atoms with Crippen molar-refractivity contribution >= 4 is 34.1 Å². The third kappa shape index (κ3) is 2.94. The van der Waals surface area contributed by atoms with Gasteiger partial charge < -0.3 is 16.0 Å². The van der Waals surface area contributed by atoms with Crippen molar-refractivity contribution in [2.45, 2.75) is 4.90 Å². The normalized spacial score (nSPS) is 16.7. The van der Waals surface area contributed by atoms with Crippen molar-refractivity contribution in [1.29, 1.82) is 0 Å². The lowest BCUT2D eigenvalue weighted by atomic mass is 10.3. The van der Waals surface area contributed by atoms with Crippen LogP contribution in [0.15, 0.2) is 23.1 Å². The average Bonchev–Trinajstić information content (AvgIpc) is 2.75. The lowest BCUT2D eigenvalue weighted by molar-refractivity contribution is 0.220. The van der Waals surface area contributed by atoms with Crippen molar-refractivity contribution in [3.8, 4) is 0 Å². The van der Waals surface area contributed by atoms with Crippen molar-refractivity contribution < 1.29 is 9.00 Å². The molecule has 0 radical (unpaired) electrons. The molecule has 0 spiro atoms. The molecule has 1 saturated heterocycles. The first-order valence-corrected chi connectivity index (χ1v) is 7.24. The summed E-state index contributed by atoms with van der Waals surface area (Å²) in [6, 6.07) is 4.85. The summed E-state index contributed by atoms with van der Waals surface area (Å²) in [6.07, 6.45) is 0. The smallest absolute Gasteiger partial charge is 0.317 e. The van der Waals surface area contributed by atoms with E-state index in [4.69, 9.17) is 17.3 Å². The highest BCUT2D eigenvalue weighted by atomic mass is 35.5. The van der Waals surface area contributed by atoms with Gasteiger partial charge in [-0.3, -0.25) is 4.21 Å². The second-order valence-corrected chi connectivity index (χ2v) is 5.93. The summed E-state index contributed by atoms with van der Waals surface area (Å²) in [4.78, 5) is 13.6. The molecule has 1 aliphatic rings. The molecule has 1 atom stereocenters. The Balaban J connectivity index is 1.95. The highest BCUT2D eigenvalue weighted by molar-refractivity contribution is 7.85. The standard InChI is InChI=1S/C11H14ClN3O2S/c12-9-7-8(1-2-10(9)13)18(17)6-5-15-4-3-14-11(15)16/h1-2,7H,3-6,13H2,(H,14,16). The van der Waals surface area contributed by atoms with E-state index in [1.807, 2.05) is 0 Å². The molecule has 1 aromatic carbocycles. The van der Waals surface area contributed by atoms with E-state index >= 15 is 0 Å².